The number of aryl methyl sites for hydroxylation is 1. The molecule has 3 rings (SSSR count). The molecule has 0 saturated carbocycles. The molecule has 0 radical (unpaired) electrons. The maximum atomic E-state index is 13.0. The van der Waals surface area contributed by atoms with Gasteiger partial charge in [0, 0.05) is 0 Å². The van der Waals surface area contributed by atoms with Gasteiger partial charge in [-0.3, -0.25) is 9.10 Å². The molecule has 32 heavy (non-hydrogen) atoms. The standard InChI is InChI=1S/C25H28N2O4S/c1-4-31-23-16-14-22(15-17-23)27(32(3,29)30)18-24(28)26-25(20-8-6-5-7-9-20)21-12-10-19(2)11-13-21/h5-17,25H,4,18H2,1-3H3,(H,26,28)/t25-/m1/s1. The number of hydrogen-bond donors (Lipinski definition) is 1. The number of carbonyl (C=O) groups excluding carboxylic acids is 1. The number of benzene rings is 3. The van der Waals surface area contributed by atoms with Gasteiger partial charge in [0.1, 0.15) is 12.3 Å². The first kappa shape index (κ1) is 23.3. The highest BCUT2D eigenvalue weighted by Crippen LogP contribution is 2.24. The summed E-state index contributed by atoms with van der Waals surface area (Å²) in [6.07, 6.45) is 1.09. The van der Waals surface area contributed by atoms with Crippen LogP contribution in [0.25, 0.3) is 0 Å². The molecule has 1 atom stereocenters. The molecule has 0 aliphatic heterocycles. The second-order valence-corrected chi connectivity index (χ2v) is 9.43. The molecule has 168 valence electrons. The molecule has 7 heteroatoms. The highest BCUT2D eigenvalue weighted by molar-refractivity contribution is 7.92. The molecule has 0 bridgehead atoms. The van der Waals surface area contributed by atoms with Crippen molar-refractivity contribution in [2.75, 3.05) is 23.7 Å². The molecule has 0 saturated heterocycles. The zero-order valence-corrected chi connectivity index (χ0v) is 19.3. The normalized spacial score (nSPS) is 12.1. The maximum Gasteiger partial charge on any atom is 0.241 e. The zero-order chi connectivity index (χ0) is 23.1. The Bertz CT molecular complexity index is 1130. The Balaban J connectivity index is 1.85. The Labute approximate surface area is 189 Å². The van der Waals surface area contributed by atoms with E-state index in [0.29, 0.717) is 18.0 Å². The Morgan fingerprint density at radius 2 is 1.53 bits per heavy atom. The number of rotatable bonds is 9. The third-order valence-electron chi connectivity index (χ3n) is 4.97. The van der Waals surface area contributed by atoms with Gasteiger partial charge in [-0.2, -0.15) is 0 Å². The third-order valence-corrected chi connectivity index (χ3v) is 6.11. The lowest BCUT2D eigenvalue weighted by atomic mass is 9.98. The van der Waals surface area contributed by atoms with Crippen LogP contribution in [-0.4, -0.2) is 33.7 Å². The molecule has 0 aromatic heterocycles. The molecule has 6 nitrogen and oxygen atoms in total. The Hall–Kier alpha value is -3.32. The Kier molecular flexibility index (Phi) is 7.53. The average molecular weight is 453 g/mol. The van der Waals surface area contributed by atoms with Crippen LogP contribution < -0.4 is 14.4 Å². The molecular formula is C25H28N2O4S. The first-order chi connectivity index (χ1) is 15.3. The van der Waals surface area contributed by atoms with Gasteiger partial charge in [-0.1, -0.05) is 60.2 Å². The number of ether oxygens (including phenoxy) is 1. The number of carbonyl (C=O) groups is 1. The van der Waals surface area contributed by atoms with Gasteiger partial charge >= 0.3 is 0 Å². The monoisotopic (exact) mass is 452 g/mol. The fourth-order valence-corrected chi connectivity index (χ4v) is 4.23. The van der Waals surface area contributed by atoms with Crippen LogP contribution in [0.15, 0.2) is 78.9 Å². The van der Waals surface area contributed by atoms with Crippen molar-refractivity contribution in [3.05, 3.63) is 95.6 Å². The second-order valence-electron chi connectivity index (χ2n) is 7.52. The van der Waals surface area contributed by atoms with E-state index in [1.807, 2.05) is 68.4 Å². The van der Waals surface area contributed by atoms with E-state index >= 15 is 0 Å². The smallest absolute Gasteiger partial charge is 0.241 e. The lowest BCUT2D eigenvalue weighted by Crippen LogP contribution is -2.41. The predicted octanol–water partition coefficient (Wildman–Crippen LogP) is 4.07. The minimum Gasteiger partial charge on any atom is -0.494 e. The Morgan fingerprint density at radius 3 is 2.09 bits per heavy atom. The van der Waals surface area contributed by atoms with Crippen LogP contribution in [0.1, 0.15) is 29.7 Å². The van der Waals surface area contributed by atoms with Gasteiger partial charge in [-0.05, 0) is 49.2 Å². The number of hydrogen-bond acceptors (Lipinski definition) is 4. The molecule has 0 aliphatic carbocycles. The third kappa shape index (κ3) is 6.11. The van der Waals surface area contributed by atoms with Crippen molar-refractivity contribution in [2.45, 2.75) is 19.9 Å². The highest BCUT2D eigenvalue weighted by atomic mass is 32.2. The number of anilines is 1. The van der Waals surface area contributed by atoms with Gasteiger partial charge in [0.2, 0.25) is 15.9 Å². The van der Waals surface area contributed by atoms with Crippen LogP contribution >= 0.6 is 0 Å². The maximum absolute atomic E-state index is 13.0. The predicted molar refractivity (Wildman–Crippen MR) is 127 cm³/mol. The first-order valence-corrected chi connectivity index (χ1v) is 12.2. The summed E-state index contributed by atoms with van der Waals surface area (Å²) >= 11 is 0. The van der Waals surface area contributed by atoms with Gasteiger partial charge in [0.25, 0.3) is 0 Å². The van der Waals surface area contributed by atoms with Crippen molar-refractivity contribution in [3.8, 4) is 5.75 Å². The molecule has 0 fully saturated rings. The summed E-state index contributed by atoms with van der Waals surface area (Å²) in [5, 5.41) is 3.00. The molecule has 0 aliphatic rings. The zero-order valence-electron chi connectivity index (χ0n) is 18.5. The highest BCUT2D eigenvalue weighted by Gasteiger charge is 2.23. The SMILES string of the molecule is CCOc1ccc(N(CC(=O)N[C@H](c2ccccc2)c2ccc(C)cc2)S(C)(=O)=O)cc1. The number of sulfonamides is 1. The minimum atomic E-state index is -3.68. The van der Waals surface area contributed by atoms with Crippen LogP contribution in [0.3, 0.4) is 0 Å². The molecule has 3 aromatic rings. The summed E-state index contributed by atoms with van der Waals surface area (Å²) in [5.41, 5.74) is 3.35. The van der Waals surface area contributed by atoms with E-state index in [4.69, 9.17) is 4.74 Å². The van der Waals surface area contributed by atoms with E-state index in [2.05, 4.69) is 5.32 Å². The van der Waals surface area contributed by atoms with Crippen molar-refractivity contribution in [2.24, 2.45) is 0 Å². The minimum absolute atomic E-state index is 0.331. The van der Waals surface area contributed by atoms with E-state index in [1.165, 1.54) is 0 Å². The summed E-state index contributed by atoms with van der Waals surface area (Å²) in [7, 11) is -3.68. The number of nitrogens with one attached hydrogen (secondary N) is 1. The van der Waals surface area contributed by atoms with Crippen molar-refractivity contribution in [1.82, 2.24) is 5.32 Å². The molecule has 0 unspecified atom stereocenters. The van der Waals surface area contributed by atoms with Crippen LogP contribution in [-0.2, 0) is 14.8 Å². The van der Waals surface area contributed by atoms with Crippen molar-refractivity contribution in [1.29, 1.82) is 0 Å². The summed E-state index contributed by atoms with van der Waals surface area (Å²) in [6, 6.07) is 23.8. The Morgan fingerprint density at radius 1 is 0.938 bits per heavy atom. The fourth-order valence-electron chi connectivity index (χ4n) is 3.38. The summed E-state index contributed by atoms with van der Waals surface area (Å²) in [5.74, 6) is 0.233. The quantitative estimate of drug-likeness (QED) is 0.531. The molecular weight excluding hydrogens is 424 g/mol. The van der Waals surface area contributed by atoms with E-state index in [1.54, 1.807) is 24.3 Å². The van der Waals surface area contributed by atoms with E-state index < -0.39 is 22.0 Å². The van der Waals surface area contributed by atoms with E-state index in [9.17, 15) is 13.2 Å². The van der Waals surface area contributed by atoms with Crippen molar-refractivity contribution < 1.29 is 17.9 Å². The van der Waals surface area contributed by atoms with Crippen molar-refractivity contribution in [3.63, 3.8) is 0 Å². The van der Waals surface area contributed by atoms with Gasteiger partial charge in [-0.25, -0.2) is 8.42 Å². The van der Waals surface area contributed by atoms with Gasteiger partial charge < -0.3 is 10.1 Å². The van der Waals surface area contributed by atoms with E-state index in [-0.39, 0.29) is 6.54 Å². The number of nitrogens with zero attached hydrogens (tertiary/aromatic N) is 1. The van der Waals surface area contributed by atoms with Crippen molar-refractivity contribution >= 4 is 21.6 Å². The van der Waals surface area contributed by atoms with Gasteiger partial charge in [0.05, 0.1) is 24.6 Å². The second kappa shape index (κ2) is 10.3. The molecule has 3 aromatic carbocycles. The van der Waals surface area contributed by atoms with Crippen LogP contribution in [0, 0.1) is 6.92 Å². The summed E-state index contributed by atoms with van der Waals surface area (Å²) < 4.78 is 31.4. The number of amides is 1. The van der Waals surface area contributed by atoms with Gasteiger partial charge in [-0.15, -0.1) is 0 Å². The first-order valence-electron chi connectivity index (χ1n) is 10.4. The van der Waals surface area contributed by atoms with Crippen LogP contribution in [0.2, 0.25) is 0 Å². The lowest BCUT2D eigenvalue weighted by Gasteiger charge is -2.25. The topological polar surface area (TPSA) is 75.7 Å². The van der Waals surface area contributed by atoms with Crippen LogP contribution in [0.5, 0.6) is 5.75 Å². The fraction of sp³-hybridized carbons (Fsp3) is 0.240. The molecule has 1 amide bonds. The summed E-state index contributed by atoms with van der Waals surface area (Å²) in [6.45, 7) is 4.05. The molecule has 0 spiro atoms. The average Bonchev–Trinajstić information content (AvgIpc) is 2.77. The lowest BCUT2D eigenvalue weighted by molar-refractivity contribution is -0.120. The van der Waals surface area contributed by atoms with Crippen LogP contribution in [0.4, 0.5) is 5.69 Å². The molecule has 1 N–H and O–H groups in total. The van der Waals surface area contributed by atoms with E-state index in [0.717, 1.165) is 27.3 Å². The molecule has 0 heterocycles. The summed E-state index contributed by atoms with van der Waals surface area (Å²) in [4.78, 5) is 13.0. The largest absolute Gasteiger partial charge is 0.494 e. The van der Waals surface area contributed by atoms with Gasteiger partial charge in [0.15, 0.2) is 0 Å².